The fraction of sp³-hybridized carbons (Fsp3) is 0.562. The molecule has 0 atom stereocenters. The highest BCUT2D eigenvalue weighted by molar-refractivity contribution is 5.90. The summed E-state index contributed by atoms with van der Waals surface area (Å²) < 4.78 is 0. The van der Waals surface area contributed by atoms with Crippen molar-refractivity contribution in [2.24, 2.45) is 11.7 Å². The SMILES string of the molecule is NCc1cccc(NC(=O)CCN2CCC(CO)CC2)c1. The zero-order valence-corrected chi connectivity index (χ0v) is 12.4. The Hall–Kier alpha value is -1.43. The molecule has 5 heteroatoms. The summed E-state index contributed by atoms with van der Waals surface area (Å²) in [5.41, 5.74) is 7.41. The van der Waals surface area contributed by atoms with Gasteiger partial charge in [-0.1, -0.05) is 12.1 Å². The smallest absolute Gasteiger partial charge is 0.225 e. The minimum atomic E-state index is 0.0356. The molecule has 1 aromatic carbocycles. The van der Waals surface area contributed by atoms with Crippen LogP contribution in [0.2, 0.25) is 0 Å². The molecule has 2 rings (SSSR count). The Labute approximate surface area is 126 Å². The molecule has 0 aliphatic carbocycles. The molecular weight excluding hydrogens is 266 g/mol. The number of benzene rings is 1. The Bertz CT molecular complexity index is 457. The molecule has 1 aliphatic heterocycles. The number of rotatable bonds is 6. The second kappa shape index (κ2) is 8.12. The van der Waals surface area contributed by atoms with Crippen LogP contribution in [0.5, 0.6) is 0 Å². The van der Waals surface area contributed by atoms with E-state index in [2.05, 4.69) is 10.2 Å². The molecule has 1 fully saturated rings. The van der Waals surface area contributed by atoms with E-state index in [9.17, 15) is 4.79 Å². The molecule has 1 saturated heterocycles. The van der Waals surface area contributed by atoms with Crippen LogP contribution in [-0.2, 0) is 11.3 Å². The molecular formula is C16H25N3O2. The number of aliphatic hydroxyl groups is 1. The van der Waals surface area contributed by atoms with Crippen molar-refractivity contribution >= 4 is 11.6 Å². The molecule has 21 heavy (non-hydrogen) atoms. The molecule has 116 valence electrons. The van der Waals surface area contributed by atoms with Crippen LogP contribution in [0.15, 0.2) is 24.3 Å². The standard InChI is InChI=1S/C16H25N3O2/c17-11-14-2-1-3-15(10-14)18-16(21)6-9-19-7-4-13(12-20)5-8-19/h1-3,10,13,20H,4-9,11-12,17H2,(H,18,21). The maximum atomic E-state index is 12.0. The van der Waals surface area contributed by atoms with Crippen molar-refractivity contribution in [1.82, 2.24) is 4.90 Å². The van der Waals surface area contributed by atoms with Gasteiger partial charge < -0.3 is 21.1 Å². The quantitative estimate of drug-likeness (QED) is 0.735. The predicted molar refractivity (Wildman–Crippen MR) is 83.8 cm³/mol. The van der Waals surface area contributed by atoms with E-state index in [0.717, 1.165) is 43.7 Å². The van der Waals surface area contributed by atoms with E-state index in [1.165, 1.54) is 0 Å². The maximum absolute atomic E-state index is 12.0. The fourth-order valence-electron chi connectivity index (χ4n) is 2.65. The van der Waals surface area contributed by atoms with Gasteiger partial charge in [-0.15, -0.1) is 0 Å². The topological polar surface area (TPSA) is 78.6 Å². The van der Waals surface area contributed by atoms with Crippen molar-refractivity contribution in [3.63, 3.8) is 0 Å². The lowest BCUT2D eigenvalue weighted by molar-refractivity contribution is -0.116. The van der Waals surface area contributed by atoms with Gasteiger partial charge in [-0.3, -0.25) is 4.79 Å². The van der Waals surface area contributed by atoms with Crippen LogP contribution < -0.4 is 11.1 Å². The van der Waals surface area contributed by atoms with Crippen LogP contribution >= 0.6 is 0 Å². The number of anilines is 1. The Balaban J connectivity index is 1.72. The van der Waals surface area contributed by atoms with E-state index in [4.69, 9.17) is 10.8 Å². The molecule has 0 aromatic heterocycles. The number of carbonyl (C=O) groups is 1. The first-order valence-corrected chi connectivity index (χ1v) is 7.63. The van der Waals surface area contributed by atoms with Crippen LogP contribution in [0.25, 0.3) is 0 Å². The lowest BCUT2D eigenvalue weighted by atomic mass is 9.98. The first-order valence-electron chi connectivity index (χ1n) is 7.63. The lowest BCUT2D eigenvalue weighted by Gasteiger charge is -2.30. The molecule has 1 amide bonds. The number of hydrogen-bond acceptors (Lipinski definition) is 4. The highest BCUT2D eigenvalue weighted by Gasteiger charge is 2.18. The first-order chi connectivity index (χ1) is 10.2. The largest absolute Gasteiger partial charge is 0.396 e. The van der Waals surface area contributed by atoms with Crippen LogP contribution in [0.1, 0.15) is 24.8 Å². The number of likely N-dealkylation sites (tertiary alicyclic amines) is 1. The van der Waals surface area contributed by atoms with Gasteiger partial charge in [0.1, 0.15) is 0 Å². The third-order valence-electron chi connectivity index (χ3n) is 4.07. The molecule has 1 heterocycles. The minimum absolute atomic E-state index is 0.0356. The number of hydrogen-bond donors (Lipinski definition) is 3. The highest BCUT2D eigenvalue weighted by Crippen LogP contribution is 2.16. The lowest BCUT2D eigenvalue weighted by Crippen LogP contribution is -2.36. The van der Waals surface area contributed by atoms with Crippen molar-refractivity contribution in [1.29, 1.82) is 0 Å². The number of piperidine rings is 1. The molecule has 1 aliphatic rings. The van der Waals surface area contributed by atoms with Crippen LogP contribution in [0, 0.1) is 5.92 Å². The van der Waals surface area contributed by atoms with Gasteiger partial charge in [-0.2, -0.15) is 0 Å². The van der Waals surface area contributed by atoms with Crippen molar-refractivity contribution < 1.29 is 9.90 Å². The first kappa shape index (κ1) is 15.9. The predicted octanol–water partition coefficient (Wildman–Crippen LogP) is 1.18. The number of nitrogens with zero attached hydrogens (tertiary/aromatic N) is 1. The van der Waals surface area contributed by atoms with Gasteiger partial charge >= 0.3 is 0 Å². The third-order valence-corrected chi connectivity index (χ3v) is 4.07. The maximum Gasteiger partial charge on any atom is 0.225 e. The summed E-state index contributed by atoms with van der Waals surface area (Å²) in [4.78, 5) is 14.3. The Kier molecular flexibility index (Phi) is 6.17. The van der Waals surface area contributed by atoms with Crippen LogP contribution in [0.3, 0.4) is 0 Å². The summed E-state index contributed by atoms with van der Waals surface area (Å²) in [6, 6.07) is 7.63. The summed E-state index contributed by atoms with van der Waals surface area (Å²) in [6.07, 6.45) is 2.55. The van der Waals surface area contributed by atoms with Crippen LogP contribution in [0.4, 0.5) is 5.69 Å². The van der Waals surface area contributed by atoms with E-state index in [0.29, 0.717) is 18.9 Å². The average Bonchev–Trinajstić information content (AvgIpc) is 2.53. The van der Waals surface area contributed by atoms with Gasteiger partial charge in [0.15, 0.2) is 0 Å². The van der Waals surface area contributed by atoms with Gasteiger partial charge in [0.25, 0.3) is 0 Å². The molecule has 0 radical (unpaired) electrons. The molecule has 0 unspecified atom stereocenters. The number of carbonyl (C=O) groups excluding carboxylic acids is 1. The Morgan fingerprint density at radius 2 is 2.14 bits per heavy atom. The Morgan fingerprint density at radius 1 is 1.38 bits per heavy atom. The number of nitrogens with two attached hydrogens (primary N) is 1. The second-order valence-electron chi connectivity index (χ2n) is 5.67. The molecule has 0 spiro atoms. The monoisotopic (exact) mass is 291 g/mol. The fourth-order valence-corrected chi connectivity index (χ4v) is 2.65. The third kappa shape index (κ3) is 5.12. The van der Waals surface area contributed by atoms with Crippen molar-refractivity contribution in [2.75, 3.05) is 31.6 Å². The van der Waals surface area contributed by atoms with Gasteiger partial charge in [0.2, 0.25) is 5.91 Å². The zero-order chi connectivity index (χ0) is 15.1. The van der Waals surface area contributed by atoms with Gasteiger partial charge in [0, 0.05) is 31.8 Å². The van der Waals surface area contributed by atoms with E-state index in [1.54, 1.807) is 0 Å². The Morgan fingerprint density at radius 3 is 2.81 bits per heavy atom. The van der Waals surface area contributed by atoms with Gasteiger partial charge in [-0.25, -0.2) is 0 Å². The molecule has 5 nitrogen and oxygen atoms in total. The van der Waals surface area contributed by atoms with E-state index in [-0.39, 0.29) is 12.5 Å². The summed E-state index contributed by atoms with van der Waals surface area (Å²) in [7, 11) is 0. The molecule has 0 bridgehead atoms. The average molecular weight is 291 g/mol. The number of aliphatic hydroxyl groups excluding tert-OH is 1. The van der Waals surface area contributed by atoms with Crippen molar-refractivity contribution in [3.8, 4) is 0 Å². The normalized spacial score (nSPS) is 16.9. The van der Waals surface area contributed by atoms with E-state index >= 15 is 0 Å². The zero-order valence-electron chi connectivity index (χ0n) is 12.4. The van der Waals surface area contributed by atoms with Crippen molar-refractivity contribution in [2.45, 2.75) is 25.8 Å². The minimum Gasteiger partial charge on any atom is -0.396 e. The summed E-state index contributed by atoms with van der Waals surface area (Å²) in [5, 5.41) is 12.0. The van der Waals surface area contributed by atoms with Gasteiger partial charge in [-0.05, 0) is 49.5 Å². The molecule has 4 N–H and O–H groups in total. The highest BCUT2D eigenvalue weighted by atomic mass is 16.3. The number of amides is 1. The van der Waals surface area contributed by atoms with Crippen LogP contribution in [-0.4, -0.2) is 42.2 Å². The molecule has 0 saturated carbocycles. The van der Waals surface area contributed by atoms with E-state index < -0.39 is 0 Å². The van der Waals surface area contributed by atoms with Crippen molar-refractivity contribution in [3.05, 3.63) is 29.8 Å². The summed E-state index contributed by atoms with van der Waals surface area (Å²) in [5.74, 6) is 0.475. The van der Waals surface area contributed by atoms with Gasteiger partial charge in [0.05, 0.1) is 0 Å². The molecule has 1 aromatic rings. The second-order valence-corrected chi connectivity index (χ2v) is 5.67. The summed E-state index contributed by atoms with van der Waals surface area (Å²) in [6.45, 7) is 3.48. The number of nitrogens with one attached hydrogen (secondary N) is 1. The summed E-state index contributed by atoms with van der Waals surface area (Å²) >= 11 is 0. The van der Waals surface area contributed by atoms with E-state index in [1.807, 2.05) is 24.3 Å².